The molecule has 23 heavy (non-hydrogen) atoms. The summed E-state index contributed by atoms with van der Waals surface area (Å²) < 4.78 is 5.60. The van der Waals surface area contributed by atoms with E-state index in [9.17, 15) is 9.59 Å². The van der Waals surface area contributed by atoms with Gasteiger partial charge in [-0.2, -0.15) is 0 Å². The molecule has 2 amide bonds. The van der Waals surface area contributed by atoms with Crippen molar-refractivity contribution in [3.63, 3.8) is 0 Å². The Morgan fingerprint density at radius 1 is 1.39 bits per heavy atom. The van der Waals surface area contributed by atoms with Crippen molar-refractivity contribution >= 4 is 17.5 Å². The van der Waals surface area contributed by atoms with Gasteiger partial charge in [-0.25, -0.2) is 0 Å². The Hall–Kier alpha value is -1.88. The van der Waals surface area contributed by atoms with Crippen molar-refractivity contribution in [1.82, 2.24) is 4.90 Å². The molecule has 0 spiro atoms. The molecular formula is C18H24N2O3. The zero-order valence-corrected chi connectivity index (χ0v) is 13.9. The first kappa shape index (κ1) is 16.0. The van der Waals surface area contributed by atoms with Crippen molar-refractivity contribution in [3.05, 3.63) is 29.3 Å². The third kappa shape index (κ3) is 3.24. The van der Waals surface area contributed by atoms with E-state index < -0.39 is 0 Å². The van der Waals surface area contributed by atoms with Crippen LogP contribution in [0, 0.1) is 0 Å². The number of hydrogen-bond donors (Lipinski definition) is 0. The van der Waals surface area contributed by atoms with Crippen molar-refractivity contribution in [2.75, 3.05) is 31.6 Å². The van der Waals surface area contributed by atoms with E-state index in [0.717, 1.165) is 37.1 Å². The zero-order valence-electron chi connectivity index (χ0n) is 13.9. The summed E-state index contributed by atoms with van der Waals surface area (Å²) in [4.78, 5) is 28.1. The first-order valence-corrected chi connectivity index (χ1v) is 8.40. The molecule has 1 unspecified atom stereocenters. The second-order valence-corrected chi connectivity index (χ2v) is 6.31. The van der Waals surface area contributed by atoms with E-state index in [2.05, 4.69) is 0 Å². The third-order valence-corrected chi connectivity index (χ3v) is 4.67. The summed E-state index contributed by atoms with van der Waals surface area (Å²) >= 11 is 0. The molecule has 0 aliphatic carbocycles. The lowest BCUT2D eigenvalue weighted by molar-refractivity contribution is -0.118. The van der Waals surface area contributed by atoms with Crippen LogP contribution in [0.15, 0.2) is 18.2 Å². The van der Waals surface area contributed by atoms with Gasteiger partial charge in [0.05, 0.1) is 6.10 Å². The number of likely N-dealkylation sites (N-methyl/N-ethyl adjacent to an activating group) is 1. The SMILES string of the molecule is CCC(=O)N1CCc2cc(C(=O)N(C)CC3CCCO3)ccc21. The lowest BCUT2D eigenvalue weighted by Crippen LogP contribution is -2.34. The van der Waals surface area contributed by atoms with E-state index in [-0.39, 0.29) is 17.9 Å². The molecule has 1 aromatic rings. The molecule has 2 aliphatic rings. The van der Waals surface area contributed by atoms with Gasteiger partial charge in [-0.3, -0.25) is 9.59 Å². The summed E-state index contributed by atoms with van der Waals surface area (Å²) in [6.07, 6.45) is 3.58. The molecule has 124 valence electrons. The summed E-state index contributed by atoms with van der Waals surface area (Å²) in [5, 5.41) is 0. The third-order valence-electron chi connectivity index (χ3n) is 4.67. The number of ether oxygens (including phenoxy) is 1. The number of benzene rings is 1. The van der Waals surface area contributed by atoms with Crippen molar-refractivity contribution in [2.24, 2.45) is 0 Å². The van der Waals surface area contributed by atoms with Gasteiger partial charge in [0, 0.05) is 44.4 Å². The van der Waals surface area contributed by atoms with Crippen LogP contribution in [0.25, 0.3) is 0 Å². The maximum absolute atomic E-state index is 12.6. The first-order valence-electron chi connectivity index (χ1n) is 8.40. The Labute approximate surface area is 137 Å². The molecule has 3 rings (SSSR count). The van der Waals surface area contributed by atoms with E-state index in [1.165, 1.54) is 0 Å². The molecule has 5 heteroatoms. The number of amides is 2. The number of carbonyl (C=O) groups is 2. The van der Waals surface area contributed by atoms with Crippen LogP contribution in [0.4, 0.5) is 5.69 Å². The predicted octanol–water partition coefficient (Wildman–Crippen LogP) is 2.24. The molecule has 5 nitrogen and oxygen atoms in total. The van der Waals surface area contributed by atoms with Gasteiger partial charge < -0.3 is 14.5 Å². The minimum absolute atomic E-state index is 0.0172. The van der Waals surface area contributed by atoms with Gasteiger partial charge in [-0.05, 0) is 43.0 Å². The standard InChI is InChI=1S/C18H24N2O3/c1-3-17(21)20-9-8-13-11-14(6-7-16(13)20)18(22)19(2)12-15-5-4-10-23-15/h6-7,11,15H,3-5,8-10,12H2,1-2H3. The number of nitrogens with zero attached hydrogens (tertiary/aromatic N) is 2. The lowest BCUT2D eigenvalue weighted by Gasteiger charge is -2.21. The monoisotopic (exact) mass is 316 g/mol. The predicted molar refractivity (Wildman–Crippen MR) is 88.7 cm³/mol. The molecule has 0 aromatic heterocycles. The molecule has 2 aliphatic heterocycles. The normalized spacial score (nSPS) is 19.7. The van der Waals surface area contributed by atoms with Crippen LogP contribution in [-0.4, -0.2) is 49.6 Å². The Morgan fingerprint density at radius 2 is 2.22 bits per heavy atom. The largest absolute Gasteiger partial charge is 0.376 e. The van der Waals surface area contributed by atoms with Gasteiger partial charge in [0.25, 0.3) is 5.91 Å². The maximum Gasteiger partial charge on any atom is 0.253 e. The summed E-state index contributed by atoms with van der Waals surface area (Å²) in [7, 11) is 1.82. The summed E-state index contributed by atoms with van der Waals surface area (Å²) in [5.41, 5.74) is 2.73. The highest BCUT2D eigenvalue weighted by atomic mass is 16.5. The summed E-state index contributed by atoms with van der Waals surface area (Å²) in [6, 6.07) is 5.67. The molecule has 2 heterocycles. The Kier molecular flexibility index (Phi) is 4.66. The average molecular weight is 316 g/mol. The quantitative estimate of drug-likeness (QED) is 0.856. The van der Waals surface area contributed by atoms with Crippen LogP contribution in [0.2, 0.25) is 0 Å². The fourth-order valence-corrected chi connectivity index (χ4v) is 3.38. The molecule has 0 bridgehead atoms. The number of anilines is 1. The topological polar surface area (TPSA) is 49.9 Å². The zero-order chi connectivity index (χ0) is 16.4. The summed E-state index contributed by atoms with van der Waals surface area (Å²) in [6.45, 7) is 4.02. The molecule has 0 radical (unpaired) electrons. The highest BCUT2D eigenvalue weighted by Crippen LogP contribution is 2.29. The average Bonchev–Trinajstić information content (AvgIpc) is 3.22. The molecule has 1 fully saturated rings. The van der Waals surface area contributed by atoms with Gasteiger partial charge in [0.2, 0.25) is 5.91 Å². The molecule has 1 atom stereocenters. The minimum atomic E-state index is 0.0172. The van der Waals surface area contributed by atoms with E-state index >= 15 is 0 Å². The van der Waals surface area contributed by atoms with Crippen LogP contribution in [0.1, 0.15) is 42.1 Å². The maximum atomic E-state index is 12.6. The van der Waals surface area contributed by atoms with Crippen LogP contribution in [-0.2, 0) is 16.0 Å². The van der Waals surface area contributed by atoms with Crippen molar-refractivity contribution in [2.45, 2.75) is 38.7 Å². The number of carbonyl (C=O) groups excluding carboxylic acids is 2. The lowest BCUT2D eigenvalue weighted by atomic mass is 10.1. The van der Waals surface area contributed by atoms with Crippen LogP contribution < -0.4 is 4.90 Å². The van der Waals surface area contributed by atoms with Crippen molar-refractivity contribution in [3.8, 4) is 0 Å². The van der Waals surface area contributed by atoms with E-state index in [1.54, 1.807) is 4.90 Å². The Morgan fingerprint density at radius 3 is 2.91 bits per heavy atom. The van der Waals surface area contributed by atoms with Crippen molar-refractivity contribution < 1.29 is 14.3 Å². The van der Waals surface area contributed by atoms with Gasteiger partial charge in [0.1, 0.15) is 0 Å². The van der Waals surface area contributed by atoms with E-state index in [0.29, 0.717) is 25.1 Å². The molecular weight excluding hydrogens is 292 g/mol. The molecule has 1 saturated heterocycles. The Bertz CT molecular complexity index is 608. The van der Waals surface area contributed by atoms with Crippen molar-refractivity contribution in [1.29, 1.82) is 0 Å². The fourth-order valence-electron chi connectivity index (χ4n) is 3.38. The van der Waals surface area contributed by atoms with Crippen LogP contribution in [0.5, 0.6) is 0 Å². The molecule has 0 N–H and O–H groups in total. The van der Waals surface area contributed by atoms with E-state index in [1.807, 2.05) is 37.1 Å². The Balaban J connectivity index is 1.71. The number of hydrogen-bond acceptors (Lipinski definition) is 3. The van der Waals surface area contributed by atoms with Crippen LogP contribution >= 0.6 is 0 Å². The second kappa shape index (κ2) is 6.71. The van der Waals surface area contributed by atoms with Gasteiger partial charge >= 0.3 is 0 Å². The van der Waals surface area contributed by atoms with Gasteiger partial charge in [-0.1, -0.05) is 6.92 Å². The number of fused-ring (bicyclic) bond motifs is 1. The first-order chi connectivity index (χ1) is 11.1. The minimum Gasteiger partial charge on any atom is -0.376 e. The van der Waals surface area contributed by atoms with Gasteiger partial charge in [-0.15, -0.1) is 0 Å². The summed E-state index contributed by atoms with van der Waals surface area (Å²) in [5.74, 6) is 0.155. The van der Waals surface area contributed by atoms with Gasteiger partial charge in [0.15, 0.2) is 0 Å². The molecule has 0 saturated carbocycles. The second-order valence-electron chi connectivity index (χ2n) is 6.31. The highest BCUT2D eigenvalue weighted by molar-refractivity contribution is 5.98. The van der Waals surface area contributed by atoms with Crippen LogP contribution in [0.3, 0.4) is 0 Å². The highest BCUT2D eigenvalue weighted by Gasteiger charge is 2.26. The van der Waals surface area contributed by atoms with E-state index in [4.69, 9.17) is 4.74 Å². The molecule has 1 aromatic carbocycles. The smallest absolute Gasteiger partial charge is 0.253 e. The number of rotatable bonds is 4. The fraction of sp³-hybridized carbons (Fsp3) is 0.556.